The average molecular weight is 986 g/mol. The van der Waals surface area contributed by atoms with Crippen LogP contribution in [-0.2, 0) is 41.4 Å². The maximum absolute atomic E-state index is 14.1. The first-order valence-electron chi connectivity index (χ1n) is 22.8. The van der Waals surface area contributed by atoms with E-state index in [1.165, 1.54) is 40.7 Å². The molecule has 2 saturated heterocycles. The number of β-amino-alcohol motifs (C(OH)–C–C–N with tert-alkyl or cyclic N) is 1. The number of carbonyl (C=O) groups is 5. The van der Waals surface area contributed by atoms with Gasteiger partial charge >= 0.3 is 12.2 Å². The van der Waals surface area contributed by atoms with E-state index in [1.54, 1.807) is 41.1 Å². The number of hydrogen-bond acceptors (Lipinski definition) is 12. The summed E-state index contributed by atoms with van der Waals surface area (Å²) in [6.45, 7) is 10.1. The van der Waals surface area contributed by atoms with Crippen molar-refractivity contribution in [1.29, 1.82) is 5.26 Å². The molecule has 0 spiro atoms. The van der Waals surface area contributed by atoms with Gasteiger partial charge in [-0.05, 0) is 80.3 Å². The third-order valence-corrected chi connectivity index (χ3v) is 13.3. The van der Waals surface area contributed by atoms with Gasteiger partial charge in [-0.2, -0.15) is 18.4 Å². The molecular formula is C50H54F3N7O9S. The highest BCUT2D eigenvalue weighted by molar-refractivity contribution is 7.13. The molecule has 3 atom stereocenters. The highest BCUT2D eigenvalue weighted by atomic mass is 32.1. The Morgan fingerprint density at radius 3 is 2.27 bits per heavy atom. The molecule has 3 aromatic carbocycles. The van der Waals surface area contributed by atoms with Crippen molar-refractivity contribution in [2.45, 2.75) is 90.3 Å². The zero-order valence-electron chi connectivity index (χ0n) is 39.3. The quantitative estimate of drug-likeness (QED) is 0.0727. The minimum Gasteiger partial charge on any atom is -0.496 e. The zero-order valence-corrected chi connectivity index (χ0v) is 40.1. The number of aryl methyl sites for hydroxylation is 1. The highest BCUT2D eigenvalue weighted by Gasteiger charge is 2.53. The molecule has 0 saturated carbocycles. The van der Waals surface area contributed by atoms with Crippen LogP contribution in [0.5, 0.6) is 5.75 Å². The number of ether oxygens (including phenoxy) is 3. The van der Waals surface area contributed by atoms with E-state index >= 15 is 0 Å². The summed E-state index contributed by atoms with van der Waals surface area (Å²) in [5.74, 6) is -1.35. The lowest BCUT2D eigenvalue weighted by atomic mass is 10.0. The molecule has 0 radical (unpaired) electrons. The lowest BCUT2D eigenvalue weighted by molar-refractivity contribution is -0.147. The van der Waals surface area contributed by atoms with Gasteiger partial charge in [0.1, 0.15) is 29.1 Å². The van der Waals surface area contributed by atoms with Crippen molar-refractivity contribution >= 4 is 52.4 Å². The molecule has 0 aliphatic carbocycles. The fraction of sp³-hybridized carbons (Fsp3) is 0.420. The van der Waals surface area contributed by atoms with E-state index in [0.717, 1.165) is 33.8 Å². The smallest absolute Gasteiger partial charge is 0.417 e. The molecule has 1 aromatic heterocycles. The van der Waals surface area contributed by atoms with Crippen LogP contribution in [0.25, 0.3) is 10.4 Å². The number of aliphatic hydroxyl groups is 1. The monoisotopic (exact) mass is 985 g/mol. The Labute approximate surface area is 407 Å². The van der Waals surface area contributed by atoms with Crippen molar-refractivity contribution in [3.63, 3.8) is 0 Å². The molecule has 3 aliphatic rings. The molecule has 2 fully saturated rings. The van der Waals surface area contributed by atoms with E-state index in [2.05, 4.69) is 10.3 Å². The molecule has 4 aromatic rings. The predicted octanol–water partition coefficient (Wildman–Crippen LogP) is 6.98. The first-order valence-corrected chi connectivity index (χ1v) is 23.7. The average Bonchev–Trinajstić information content (AvgIpc) is 4.08. The van der Waals surface area contributed by atoms with Crippen LogP contribution in [-0.4, -0.2) is 113 Å². The van der Waals surface area contributed by atoms with Gasteiger partial charge in [-0.3, -0.25) is 24.1 Å². The van der Waals surface area contributed by atoms with Crippen molar-refractivity contribution in [3.05, 3.63) is 106 Å². The van der Waals surface area contributed by atoms with Gasteiger partial charge in [0, 0.05) is 57.3 Å². The number of rotatable bonds is 19. The van der Waals surface area contributed by atoms with Crippen LogP contribution in [0.4, 0.5) is 29.3 Å². The summed E-state index contributed by atoms with van der Waals surface area (Å²) in [4.78, 5) is 77.9. The number of hydrogen-bond donors (Lipinski definition) is 2. The van der Waals surface area contributed by atoms with Gasteiger partial charge in [0.15, 0.2) is 0 Å². The van der Waals surface area contributed by atoms with Crippen LogP contribution >= 0.6 is 11.3 Å². The second-order valence-corrected chi connectivity index (χ2v) is 18.9. The summed E-state index contributed by atoms with van der Waals surface area (Å²) < 4.78 is 58.5. The number of nitrogens with zero attached hydrogens (tertiary/aromatic N) is 6. The van der Waals surface area contributed by atoms with E-state index in [9.17, 15) is 42.3 Å². The maximum Gasteiger partial charge on any atom is 0.417 e. The van der Waals surface area contributed by atoms with Gasteiger partial charge in [0.05, 0.1) is 64.8 Å². The Balaban J connectivity index is 0.814. The van der Waals surface area contributed by atoms with Crippen LogP contribution in [0.3, 0.4) is 0 Å². The second-order valence-electron chi connectivity index (χ2n) is 18.0. The molecule has 0 unspecified atom stereocenters. The van der Waals surface area contributed by atoms with E-state index in [1.807, 2.05) is 45.0 Å². The molecule has 6 amide bonds. The van der Waals surface area contributed by atoms with Gasteiger partial charge < -0.3 is 34.4 Å². The number of imide groups is 1. The zero-order chi connectivity index (χ0) is 50.5. The second kappa shape index (κ2) is 21.4. The third-order valence-electron chi connectivity index (χ3n) is 12.3. The summed E-state index contributed by atoms with van der Waals surface area (Å²) in [7, 11) is 0. The SMILES string of the molecule is Cc1ncsc1-c1ccc(CNC(=O)[C@@H]2C[C@@H](O)CN2C(=O)[C@H](C(C)C)N2CC(OCCCOCCCOc3ccc(N4C(=O)N(c5ccc(C#N)c(C(F)(F)F)c5)C(=O)C4(C)C)cc3)=CC2=O)cc1. The Bertz CT molecular complexity index is 2670. The molecule has 0 bridgehead atoms. The molecule has 7 rings (SSSR count). The van der Waals surface area contributed by atoms with Crippen molar-refractivity contribution in [1.82, 2.24) is 20.1 Å². The summed E-state index contributed by atoms with van der Waals surface area (Å²) in [6.07, 6.45) is -3.28. The number of carbonyl (C=O) groups excluding carboxylic acids is 5. The van der Waals surface area contributed by atoms with Gasteiger partial charge in [0.25, 0.3) is 11.8 Å². The molecule has 2 N–H and O–H groups in total. The number of halogens is 3. The normalized spacial score (nSPS) is 18.4. The number of benzene rings is 3. The van der Waals surface area contributed by atoms with Crippen molar-refractivity contribution in [2.75, 3.05) is 49.3 Å². The topological polar surface area (TPSA) is 195 Å². The van der Waals surface area contributed by atoms with E-state index in [4.69, 9.17) is 19.5 Å². The molecule has 3 aliphatic heterocycles. The Kier molecular flexibility index (Phi) is 15.6. The van der Waals surface area contributed by atoms with Crippen LogP contribution in [0.1, 0.15) is 69.3 Å². The number of aliphatic hydroxyl groups excluding tert-OH is 1. The summed E-state index contributed by atoms with van der Waals surface area (Å²) in [5, 5.41) is 22.7. The number of urea groups is 1. The van der Waals surface area contributed by atoms with E-state index in [0.29, 0.717) is 60.8 Å². The fourth-order valence-corrected chi connectivity index (χ4v) is 9.53. The molecule has 16 nitrogen and oxygen atoms in total. The number of nitriles is 1. The summed E-state index contributed by atoms with van der Waals surface area (Å²) >= 11 is 1.56. The number of aromatic nitrogens is 1. The molecule has 70 heavy (non-hydrogen) atoms. The number of alkyl halides is 3. The van der Waals surface area contributed by atoms with Crippen LogP contribution in [0.15, 0.2) is 84.1 Å². The minimum absolute atomic E-state index is 0.0295. The Hall–Kier alpha value is -6.82. The first kappa shape index (κ1) is 51.0. The van der Waals surface area contributed by atoms with Crippen LogP contribution in [0.2, 0.25) is 0 Å². The van der Waals surface area contributed by atoms with Gasteiger partial charge in [-0.1, -0.05) is 38.1 Å². The number of anilines is 2. The van der Waals surface area contributed by atoms with Gasteiger partial charge in [-0.25, -0.2) is 14.7 Å². The number of thiazole rings is 1. The first-order chi connectivity index (χ1) is 33.3. The van der Waals surface area contributed by atoms with Crippen LogP contribution < -0.4 is 19.9 Å². The molecule has 20 heteroatoms. The largest absolute Gasteiger partial charge is 0.496 e. The standard InChI is InChI=1S/C50H54F3N7O9S/c1-30(2)43(46(64)57-27-37(61)23-41(57)45(63)55-26-32-8-10-33(11-9-32)44-31(3)56-29-70-44)58-28-39(24-42(58)62)69-21-7-19-67-18-6-20-68-38-16-14-35(15-17-38)60-48(66)59(47(65)49(60,4)5)36-13-12-34(25-54)40(22-36)50(51,52)53/h8-17,22,24,29-30,37,41,43,61H,6-7,18-21,23,26-28H2,1-5H3,(H,55,63)/t37-,41+,43+/m1/s1. The Morgan fingerprint density at radius 1 is 0.971 bits per heavy atom. The molecule has 370 valence electrons. The molecule has 4 heterocycles. The Morgan fingerprint density at radius 2 is 1.64 bits per heavy atom. The number of likely N-dealkylation sites (tertiary alicyclic amines) is 1. The van der Waals surface area contributed by atoms with Crippen molar-refractivity contribution in [2.24, 2.45) is 5.92 Å². The lowest BCUT2D eigenvalue weighted by Crippen LogP contribution is -2.55. The molecular weight excluding hydrogens is 932 g/mol. The van der Waals surface area contributed by atoms with E-state index < -0.39 is 58.9 Å². The number of nitrogens with one attached hydrogen (secondary N) is 1. The maximum atomic E-state index is 14.1. The van der Waals surface area contributed by atoms with Crippen molar-refractivity contribution in [3.8, 4) is 22.3 Å². The van der Waals surface area contributed by atoms with Gasteiger partial charge in [0.2, 0.25) is 11.8 Å². The minimum atomic E-state index is -4.87. The lowest BCUT2D eigenvalue weighted by Gasteiger charge is -2.35. The third kappa shape index (κ3) is 11.1. The summed E-state index contributed by atoms with van der Waals surface area (Å²) in [6, 6.07) is 15.7. The number of amides is 6. The van der Waals surface area contributed by atoms with Gasteiger partial charge in [-0.15, -0.1) is 11.3 Å². The van der Waals surface area contributed by atoms with E-state index in [-0.39, 0.29) is 56.1 Å². The van der Waals surface area contributed by atoms with Crippen molar-refractivity contribution < 1.29 is 56.5 Å². The predicted molar refractivity (Wildman–Crippen MR) is 252 cm³/mol. The fourth-order valence-electron chi connectivity index (χ4n) is 8.72. The highest BCUT2D eigenvalue weighted by Crippen LogP contribution is 2.40. The van der Waals surface area contributed by atoms with Crippen LogP contribution in [0, 0.1) is 24.2 Å². The summed E-state index contributed by atoms with van der Waals surface area (Å²) in [5.41, 5.74) is 1.35.